The highest BCUT2D eigenvalue weighted by Crippen LogP contribution is 2.17. The van der Waals surface area contributed by atoms with Crippen LogP contribution in [-0.2, 0) is 14.4 Å². The van der Waals surface area contributed by atoms with Crippen molar-refractivity contribution in [3.8, 4) is 0 Å². The number of rotatable bonds is 6. The highest BCUT2D eigenvalue weighted by molar-refractivity contribution is 6.01. The van der Waals surface area contributed by atoms with Crippen molar-refractivity contribution in [3.05, 3.63) is 35.9 Å². The summed E-state index contributed by atoms with van der Waals surface area (Å²) in [5, 5.41) is 6.59. The minimum Gasteiger partial charge on any atom is -0.465 e. The first kappa shape index (κ1) is 16.8. The fourth-order valence-electron chi connectivity index (χ4n) is 2.21. The van der Waals surface area contributed by atoms with Crippen LogP contribution in [0, 0.1) is 0 Å². The van der Waals surface area contributed by atoms with E-state index in [1.165, 1.54) is 4.90 Å². The molecule has 1 aromatic rings. The van der Waals surface area contributed by atoms with Crippen LogP contribution in [-0.4, -0.2) is 55.5 Å². The fourth-order valence-corrected chi connectivity index (χ4v) is 2.21. The van der Waals surface area contributed by atoms with Crippen LogP contribution in [0.2, 0.25) is 0 Å². The molecule has 1 aromatic carbocycles. The number of urea groups is 1. The monoisotopic (exact) mass is 319 g/mol. The van der Waals surface area contributed by atoms with E-state index < -0.39 is 5.97 Å². The van der Waals surface area contributed by atoms with Gasteiger partial charge in [0.05, 0.1) is 18.9 Å². The molecule has 0 spiro atoms. The number of benzene rings is 1. The molecule has 0 saturated carbocycles. The topological polar surface area (TPSA) is 80.2 Å². The summed E-state index contributed by atoms with van der Waals surface area (Å²) < 4.78 is 4.75. The summed E-state index contributed by atoms with van der Waals surface area (Å²) in [6.45, 7) is 2.25. The number of nitrogens with one attached hydrogen (secondary N) is 1. The van der Waals surface area contributed by atoms with E-state index in [4.69, 9.17) is 9.57 Å². The van der Waals surface area contributed by atoms with E-state index in [1.54, 1.807) is 14.0 Å². The lowest BCUT2D eigenvalue weighted by Crippen LogP contribution is -2.43. The molecule has 0 aromatic heterocycles. The maximum absolute atomic E-state index is 11.9. The van der Waals surface area contributed by atoms with E-state index in [0.717, 1.165) is 11.3 Å². The number of nitrogens with zero attached hydrogens (tertiary/aromatic N) is 2. The van der Waals surface area contributed by atoms with Crippen molar-refractivity contribution in [2.75, 3.05) is 26.7 Å². The molecule has 1 aliphatic rings. The van der Waals surface area contributed by atoms with Gasteiger partial charge in [0.1, 0.15) is 6.54 Å². The minimum absolute atomic E-state index is 0.145. The van der Waals surface area contributed by atoms with Crippen molar-refractivity contribution < 1.29 is 19.2 Å². The lowest BCUT2D eigenvalue weighted by Gasteiger charge is -2.20. The van der Waals surface area contributed by atoms with Crippen LogP contribution in [0.4, 0.5) is 4.79 Å². The van der Waals surface area contributed by atoms with Crippen LogP contribution in [0.3, 0.4) is 0 Å². The van der Waals surface area contributed by atoms with E-state index in [2.05, 4.69) is 10.5 Å². The standard InChI is InChI=1S/C16H21N3O4/c1-3-22-15(20)10-17-16(21)19(2)11-13-9-14(18-23-13)12-7-5-4-6-8-12/h4-8,13H,3,9-11H2,1-2H3,(H,17,21). The zero-order valence-corrected chi connectivity index (χ0v) is 13.3. The average Bonchev–Trinajstić information content (AvgIpc) is 3.02. The van der Waals surface area contributed by atoms with Gasteiger partial charge in [-0.15, -0.1) is 0 Å². The summed E-state index contributed by atoms with van der Waals surface area (Å²) in [5.74, 6) is -0.457. The van der Waals surface area contributed by atoms with Crippen LogP contribution in [0.25, 0.3) is 0 Å². The van der Waals surface area contributed by atoms with Gasteiger partial charge in [-0.3, -0.25) is 4.79 Å². The molecule has 0 fully saturated rings. The molecule has 124 valence electrons. The van der Waals surface area contributed by atoms with Crippen molar-refractivity contribution >= 4 is 17.7 Å². The smallest absolute Gasteiger partial charge is 0.325 e. The third kappa shape index (κ3) is 4.98. The lowest BCUT2D eigenvalue weighted by molar-refractivity contribution is -0.141. The zero-order chi connectivity index (χ0) is 16.7. The molecule has 1 unspecified atom stereocenters. The van der Waals surface area contributed by atoms with Crippen LogP contribution >= 0.6 is 0 Å². The number of hydrogen-bond acceptors (Lipinski definition) is 5. The summed E-state index contributed by atoms with van der Waals surface area (Å²) in [7, 11) is 1.64. The van der Waals surface area contributed by atoms with Crippen LogP contribution in [0.5, 0.6) is 0 Å². The highest BCUT2D eigenvalue weighted by atomic mass is 16.6. The highest BCUT2D eigenvalue weighted by Gasteiger charge is 2.25. The molecule has 1 aliphatic heterocycles. The Hall–Kier alpha value is -2.57. The Morgan fingerprint density at radius 3 is 2.83 bits per heavy atom. The number of ether oxygens (including phenoxy) is 1. The van der Waals surface area contributed by atoms with Gasteiger partial charge in [0.25, 0.3) is 0 Å². The number of likely N-dealkylation sites (N-methyl/N-ethyl adjacent to an activating group) is 1. The second-order valence-corrected chi connectivity index (χ2v) is 5.18. The van der Waals surface area contributed by atoms with Gasteiger partial charge in [0, 0.05) is 13.5 Å². The number of esters is 1. The molecule has 0 radical (unpaired) electrons. The van der Waals surface area contributed by atoms with Crippen molar-refractivity contribution in [1.82, 2.24) is 10.2 Å². The van der Waals surface area contributed by atoms with Gasteiger partial charge in [-0.1, -0.05) is 35.5 Å². The van der Waals surface area contributed by atoms with Gasteiger partial charge in [0.2, 0.25) is 0 Å². The summed E-state index contributed by atoms with van der Waals surface area (Å²) in [4.78, 5) is 30.0. The Labute approximate surface area is 135 Å². The second kappa shape index (κ2) is 8.17. The van der Waals surface area contributed by atoms with E-state index in [9.17, 15) is 9.59 Å². The molecular formula is C16H21N3O4. The Morgan fingerprint density at radius 2 is 2.13 bits per heavy atom. The molecule has 7 nitrogen and oxygen atoms in total. The number of carbonyl (C=O) groups is 2. The van der Waals surface area contributed by atoms with E-state index in [-0.39, 0.29) is 18.7 Å². The second-order valence-electron chi connectivity index (χ2n) is 5.18. The minimum atomic E-state index is -0.457. The van der Waals surface area contributed by atoms with Crippen LogP contribution < -0.4 is 5.32 Å². The third-order valence-corrected chi connectivity index (χ3v) is 3.35. The van der Waals surface area contributed by atoms with Gasteiger partial charge in [-0.25, -0.2) is 4.79 Å². The predicted molar refractivity (Wildman–Crippen MR) is 85.1 cm³/mol. The Morgan fingerprint density at radius 1 is 1.39 bits per heavy atom. The molecule has 0 bridgehead atoms. The summed E-state index contributed by atoms with van der Waals surface area (Å²) in [6, 6.07) is 9.43. The number of oxime groups is 1. The molecule has 0 aliphatic carbocycles. The average molecular weight is 319 g/mol. The largest absolute Gasteiger partial charge is 0.465 e. The Kier molecular flexibility index (Phi) is 5.96. The molecule has 2 amide bonds. The number of amides is 2. The van der Waals surface area contributed by atoms with Gasteiger partial charge >= 0.3 is 12.0 Å². The normalized spacial score (nSPS) is 16.3. The van der Waals surface area contributed by atoms with Gasteiger partial charge in [-0.2, -0.15) is 0 Å². The van der Waals surface area contributed by atoms with Crippen molar-refractivity contribution in [1.29, 1.82) is 0 Å². The van der Waals surface area contributed by atoms with Crippen molar-refractivity contribution in [2.24, 2.45) is 5.16 Å². The van der Waals surface area contributed by atoms with Gasteiger partial charge in [-0.05, 0) is 12.5 Å². The molecule has 1 heterocycles. The maximum atomic E-state index is 11.9. The molecular weight excluding hydrogens is 298 g/mol. The van der Waals surface area contributed by atoms with Crippen molar-refractivity contribution in [3.63, 3.8) is 0 Å². The lowest BCUT2D eigenvalue weighted by atomic mass is 10.1. The quantitative estimate of drug-likeness (QED) is 0.803. The number of carbonyl (C=O) groups excluding carboxylic acids is 2. The van der Waals surface area contributed by atoms with E-state index >= 15 is 0 Å². The molecule has 1 N–H and O–H groups in total. The van der Waals surface area contributed by atoms with E-state index in [1.807, 2.05) is 30.3 Å². The first-order valence-corrected chi connectivity index (χ1v) is 7.52. The van der Waals surface area contributed by atoms with Gasteiger partial charge < -0.3 is 19.8 Å². The van der Waals surface area contributed by atoms with Crippen LogP contribution in [0.1, 0.15) is 18.9 Å². The predicted octanol–water partition coefficient (Wildman–Crippen LogP) is 1.38. The van der Waals surface area contributed by atoms with Crippen LogP contribution in [0.15, 0.2) is 35.5 Å². The Bertz CT molecular complexity index is 574. The van der Waals surface area contributed by atoms with Gasteiger partial charge in [0.15, 0.2) is 6.10 Å². The SMILES string of the molecule is CCOC(=O)CNC(=O)N(C)CC1CC(c2ccccc2)=NO1. The maximum Gasteiger partial charge on any atom is 0.325 e. The van der Waals surface area contributed by atoms with Crippen molar-refractivity contribution in [2.45, 2.75) is 19.4 Å². The third-order valence-electron chi connectivity index (χ3n) is 3.35. The Balaban J connectivity index is 1.75. The molecule has 1 atom stereocenters. The first-order valence-electron chi connectivity index (χ1n) is 7.52. The summed E-state index contributed by atoms with van der Waals surface area (Å²) >= 11 is 0. The molecule has 0 saturated heterocycles. The summed E-state index contributed by atoms with van der Waals surface area (Å²) in [6.07, 6.45) is 0.447. The molecule has 2 rings (SSSR count). The zero-order valence-electron chi connectivity index (χ0n) is 13.3. The molecule has 7 heteroatoms. The first-order chi connectivity index (χ1) is 11.1. The number of hydrogen-bond donors (Lipinski definition) is 1. The van der Waals surface area contributed by atoms with E-state index in [0.29, 0.717) is 19.6 Å². The summed E-state index contributed by atoms with van der Waals surface area (Å²) in [5.41, 5.74) is 1.89. The molecule has 23 heavy (non-hydrogen) atoms. The fraction of sp³-hybridized carbons (Fsp3) is 0.438.